The lowest BCUT2D eigenvalue weighted by molar-refractivity contribution is 0.186. The highest BCUT2D eigenvalue weighted by Gasteiger charge is 2.10. The highest BCUT2D eigenvalue weighted by molar-refractivity contribution is 14.0. The maximum Gasteiger partial charge on any atom is 0.191 e. The standard InChI is InChI=1S/C17H21ClFN3O2.HI/c1-2-20-17(21-8-7-13-4-3-9-24-13)22-11-16(23)12-5-6-14(18)15(19)10-12;/h3-6,9-10,16,23H,2,7-8,11H2,1H3,(H2,20,21,22);1H. The number of furan rings is 1. The van der Waals surface area contributed by atoms with Gasteiger partial charge in [0.15, 0.2) is 5.96 Å². The van der Waals surface area contributed by atoms with Crippen LogP contribution in [0.15, 0.2) is 46.0 Å². The van der Waals surface area contributed by atoms with E-state index in [1.165, 1.54) is 12.1 Å². The molecule has 0 fully saturated rings. The molecule has 1 unspecified atom stereocenters. The van der Waals surface area contributed by atoms with Crippen molar-refractivity contribution in [1.29, 1.82) is 0 Å². The molecule has 1 aromatic heterocycles. The average molecular weight is 482 g/mol. The predicted octanol–water partition coefficient (Wildman–Crippen LogP) is 3.52. The van der Waals surface area contributed by atoms with Gasteiger partial charge in [0.25, 0.3) is 0 Å². The van der Waals surface area contributed by atoms with E-state index in [4.69, 9.17) is 16.0 Å². The van der Waals surface area contributed by atoms with Gasteiger partial charge in [-0.1, -0.05) is 17.7 Å². The van der Waals surface area contributed by atoms with E-state index in [0.717, 1.165) is 12.2 Å². The zero-order chi connectivity index (χ0) is 17.4. The lowest BCUT2D eigenvalue weighted by Crippen LogP contribution is -2.38. The van der Waals surface area contributed by atoms with Gasteiger partial charge in [0.1, 0.15) is 11.6 Å². The molecule has 0 amide bonds. The Labute approximate surface area is 168 Å². The van der Waals surface area contributed by atoms with Gasteiger partial charge in [-0.15, -0.1) is 24.0 Å². The topological polar surface area (TPSA) is 69.8 Å². The summed E-state index contributed by atoms with van der Waals surface area (Å²) in [6.45, 7) is 3.40. The second-order valence-corrected chi connectivity index (χ2v) is 5.57. The van der Waals surface area contributed by atoms with E-state index in [0.29, 0.717) is 24.6 Å². The normalized spacial score (nSPS) is 12.4. The zero-order valence-electron chi connectivity index (χ0n) is 13.8. The summed E-state index contributed by atoms with van der Waals surface area (Å²) in [5.74, 6) is 0.910. The van der Waals surface area contributed by atoms with Crippen molar-refractivity contribution in [1.82, 2.24) is 10.6 Å². The molecule has 0 aliphatic heterocycles. The molecular weight excluding hydrogens is 460 g/mol. The molecule has 1 heterocycles. The Hall–Kier alpha value is -1.32. The monoisotopic (exact) mass is 481 g/mol. The number of aliphatic hydroxyl groups is 1. The van der Waals surface area contributed by atoms with Gasteiger partial charge in [0, 0.05) is 19.5 Å². The maximum absolute atomic E-state index is 13.4. The molecule has 1 aromatic carbocycles. The molecule has 2 aromatic rings. The fraction of sp³-hybridized carbons (Fsp3) is 0.353. The van der Waals surface area contributed by atoms with E-state index < -0.39 is 11.9 Å². The number of hydrogen-bond donors (Lipinski definition) is 3. The van der Waals surface area contributed by atoms with Crippen molar-refractivity contribution in [3.05, 3.63) is 58.8 Å². The van der Waals surface area contributed by atoms with Crippen LogP contribution in [0.25, 0.3) is 0 Å². The third-order valence-corrected chi connectivity index (χ3v) is 3.65. The number of benzene rings is 1. The van der Waals surface area contributed by atoms with Gasteiger partial charge in [-0.05, 0) is 36.8 Å². The molecule has 8 heteroatoms. The van der Waals surface area contributed by atoms with E-state index in [2.05, 4.69) is 15.6 Å². The van der Waals surface area contributed by atoms with E-state index in [9.17, 15) is 9.50 Å². The minimum atomic E-state index is -0.905. The molecule has 3 N–H and O–H groups in total. The van der Waals surface area contributed by atoms with Crippen molar-refractivity contribution in [3.8, 4) is 0 Å². The molecule has 0 saturated heterocycles. The lowest BCUT2D eigenvalue weighted by atomic mass is 10.1. The SMILES string of the molecule is CCNC(=NCC(O)c1ccc(Cl)c(F)c1)NCCc1ccco1.I. The first kappa shape index (κ1) is 21.7. The molecular formula is C17H22ClFIN3O2. The second-order valence-electron chi connectivity index (χ2n) is 5.17. The third kappa shape index (κ3) is 7.21. The molecule has 0 radical (unpaired) electrons. The highest BCUT2D eigenvalue weighted by Crippen LogP contribution is 2.20. The number of nitrogens with zero attached hydrogens (tertiary/aromatic N) is 1. The molecule has 0 spiro atoms. The second kappa shape index (κ2) is 11.3. The fourth-order valence-electron chi connectivity index (χ4n) is 2.10. The quantitative estimate of drug-likeness (QED) is 0.322. The Morgan fingerprint density at radius 2 is 2.16 bits per heavy atom. The number of hydrogen-bond acceptors (Lipinski definition) is 3. The van der Waals surface area contributed by atoms with Gasteiger partial charge in [-0.3, -0.25) is 4.99 Å². The van der Waals surface area contributed by atoms with Gasteiger partial charge in [-0.25, -0.2) is 4.39 Å². The Bertz CT molecular complexity index is 668. The summed E-state index contributed by atoms with van der Waals surface area (Å²) in [5, 5.41) is 16.4. The number of aliphatic imine (C=N–C) groups is 1. The Morgan fingerprint density at radius 3 is 2.80 bits per heavy atom. The lowest BCUT2D eigenvalue weighted by Gasteiger charge is -2.13. The molecule has 5 nitrogen and oxygen atoms in total. The number of halogens is 3. The zero-order valence-corrected chi connectivity index (χ0v) is 16.9. The Balaban J connectivity index is 0.00000312. The number of rotatable bonds is 7. The Morgan fingerprint density at radius 1 is 1.36 bits per heavy atom. The smallest absolute Gasteiger partial charge is 0.191 e. The van der Waals surface area contributed by atoms with Gasteiger partial charge < -0.3 is 20.2 Å². The van der Waals surface area contributed by atoms with Crippen LogP contribution in [-0.4, -0.2) is 30.7 Å². The average Bonchev–Trinajstić information content (AvgIpc) is 3.08. The van der Waals surface area contributed by atoms with Crippen molar-refractivity contribution in [2.45, 2.75) is 19.4 Å². The summed E-state index contributed by atoms with van der Waals surface area (Å²) in [6, 6.07) is 7.98. The number of aliphatic hydroxyl groups excluding tert-OH is 1. The van der Waals surface area contributed by atoms with Crippen LogP contribution in [0.2, 0.25) is 5.02 Å². The van der Waals surface area contributed by atoms with Crippen molar-refractivity contribution in [2.75, 3.05) is 19.6 Å². The van der Waals surface area contributed by atoms with E-state index in [1.54, 1.807) is 12.3 Å². The van der Waals surface area contributed by atoms with E-state index in [1.807, 2.05) is 19.1 Å². The number of guanidine groups is 1. The molecule has 0 aliphatic rings. The molecule has 2 rings (SSSR count). The first-order valence-corrected chi connectivity index (χ1v) is 8.15. The van der Waals surface area contributed by atoms with Crippen LogP contribution in [-0.2, 0) is 6.42 Å². The minimum absolute atomic E-state index is 0. The molecule has 25 heavy (non-hydrogen) atoms. The summed E-state index contributed by atoms with van der Waals surface area (Å²) < 4.78 is 18.7. The van der Waals surface area contributed by atoms with Crippen LogP contribution in [0.5, 0.6) is 0 Å². The van der Waals surface area contributed by atoms with Gasteiger partial charge in [0.2, 0.25) is 0 Å². The molecule has 138 valence electrons. The minimum Gasteiger partial charge on any atom is -0.469 e. The van der Waals surface area contributed by atoms with Gasteiger partial charge in [-0.2, -0.15) is 0 Å². The van der Waals surface area contributed by atoms with Crippen LogP contribution in [0, 0.1) is 5.82 Å². The summed E-state index contributed by atoms with van der Waals surface area (Å²) in [4.78, 5) is 4.32. The van der Waals surface area contributed by atoms with E-state index >= 15 is 0 Å². The Kier molecular flexibility index (Phi) is 9.84. The maximum atomic E-state index is 13.4. The van der Waals surface area contributed by atoms with Crippen LogP contribution in [0.4, 0.5) is 4.39 Å². The summed E-state index contributed by atoms with van der Waals surface area (Å²) in [7, 11) is 0. The highest BCUT2D eigenvalue weighted by atomic mass is 127. The summed E-state index contributed by atoms with van der Waals surface area (Å²) in [5.41, 5.74) is 0.437. The van der Waals surface area contributed by atoms with Crippen LogP contribution >= 0.6 is 35.6 Å². The predicted molar refractivity (Wildman–Crippen MR) is 108 cm³/mol. The van der Waals surface area contributed by atoms with Crippen molar-refractivity contribution in [2.24, 2.45) is 4.99 Å². The molecule has 0 aliphatic carbocycles. The largest absolute Gasteiger partial charge is 0.469 e. The fourth-order valence-corrected chi connectivity index (χ4v) is 2.22. The first-order valence-electron chi connectivity index (χ1n) is 7.77. The summed E-state index contributed by atoms with van der Waals surface area (Å²) >= 11 is 5.64. The van der Waals surface area contributed by atoms with Crippen molar-refractivity contribution in [3.63, 3.8) is 0 Å². The third-order valence-electron chi connectivity index (χ3n) is 3.34. The summed E-state index contributed by atoms with van der Waals surface area (Å²) in [6.07, 6.45) is 1.45. The van der Waals surface area contributed by atoms with Crippen LogP contribution < -0.4 is 10.6 Å². The molecule has 1 atom stereocenters. The van der Waals surface area contributed by atoms with Gasteiger partial charge >= 0.3 is 0 Å². The van der Waals surface area contributed by atoms with Crippen LogP contribution in [0.1, 0.15) is 24.4 Å². The number of nitrogens with one attached hydrogen (secondary N) is 2. The van der Waals surface area contributed by atoms with Crippen molar-refractivity contribution >= 4 is 41.5 Å². The molecule has 0 bridgehead atoms. The van der Waals surface area contributed by atoms with Crippen LogP contribution in [0.3, 0.4) is 0 Å². The van der Waals surface area contributed by atoms with Gasteiger partial charge in [0.05, 0.1) is 23.9 Å². The van der Waals surface area contributed by atoms with Crippen molar-refractivity contribution < 1.29 is 13.9 Å². The molecule has 0 saturated carbocycles. The first-order chi connectivity index (χ1) is 11.6. The van der Waals surface area contributed by atoms with E-state index in [-0.39, 0.29) is 35.5 Å².